The van der Waals surface area contributed by atoms with Gasteiger partial charge in [0.15, 0.2) is 0 Å². The molecule has 2 aliphatic rings. The third-order valence-corrected chi connectivity index (χ3v) is 7.70. The SMILES string of the molecule is CCCC(C[C@H]1CCC2=Cc3c(cnn3-c3ccc(F)cc3)C[C@@]21C)NC(=O)c1cn(C)cn1. The summed E-state index contributed by atoms with van der Waals surface area (Å²) in [4.78, 5) is 17.0. The number of aryl methyl sites for hydroxylation is 1. The Morgan fingerprint density at radius 1 is 1.32 bits per heavy atom. The molecule has 5 rings (SSSR count). The summed E-state index contributed by atoms with van der Waals surface area (Å²) in [5.74, 6) is 0.150. The minimum absolute atomic E-state index is 0.0609. The van der Waals surface area contributed by atoms with Crippen molar-refractivity contribution in [3.63, 3.8) is 0 Å². The quantitative estimate of drug-likeness (QED) is 0.533. The third-order valence-electron chi connectivity index (χ3n) is 7.70. The van der Waals surface area contributed by atoms with Gasteiger partial charge in [-0.15, -0.1) is 0 Å². The summed E-state index contributed by atoms with van der Waals surface area (Å²) in [6.45, 7) is 4.54. The van der Waals surface area contributed by atoms with Crippen molar-refractivity contribution in [1.82, 2.24) is 24.6 Å². The molecule has 34 heavy (non-hydrogen) atoms. The van der Waals surface area contributed by atoms with E-state index in [0.717, 1.165) is 49.9 Å². The van der Waals surface area contributed by atoms with Gasteiger partial charge in [-0.05, 0) is 79.3 Å². The first kappa shape index (κ1) is 22.6. The summed E-state index contributed by atoms with van der Waals surface area (Å²) < 4.78 is 17.1. The van der Waals surface area contributed by atoms with Crippen molar-refractivity contribution >= 4 is 12.0 Å². The second-order valence-electron chi connectivity index (χ2n) is 10.1. The first-order chi connectivity index (χ1) is 16.4. The molecule has 0 radical (unpaired) electrons. The van der Waals surface area contributed by atoms with E-state index in [2.05, 4.69) is 35.3 Å². The largest absolute Gasteiger partial charge is 0.348 e. The van der Waals surface area contributed by atoms with Crippen molar-refractivity contribution in [3.8, 4) is 5.69 Å². The zero-order valence-corrected chi connectivity index (χ0v) is 20.1. The highest BCUT2D eigenvalue weighted by Gasteiger charge is 2.46. The van der Waals surface area contributed by atoms with Crippen LogP contribution < -0.4 is 5.32 Å². The maximum Gasteiger partial charge on any atom is 0.271 e. The van der Waals surface area contributed by atoms with Gasteiger partial charge in [0, 0.05) is 19.3 Å². The van der Waals surface area contributed by atoms with Crippen LogP contribution in [0.15, 0.2) is 48.6 Å². The minimum atomic E-state index is -0.244. The molecule has 0 spiro atoms. The first-order valence-corrected chi connectivity index (χ1v) is 12.2. The Kier molecular flexibility index (Phi) is 5.88. The molecule has 178 valence electrons. The molecule has 1 saturated carbocycles. The van der Waals surface area contributed by atoms with E-state index < -0.39 is 0 Å². The van der Waals surface area contributed by atoms with E-state index in [-0.39, 0.29) is 23.2 Å². The molecule has 0 bridgehead atoms. The van der Waals surface area contributed by atoms with Crippen molar-refractivity contribution in [2.75, 3.05) is 0 Å². The van der Waals surface area contributed by atoms with E-state index in [1.54, 1.807) is 29.2 Å². The number of amides is 1. The van der Waals surface area contributed by atoms with Crippen LogP contribution in [-0.4, -0.2) is 31.3 Å². The highest BCUT2D eigenvalue weighted by atomic mass is 19.1. The van der Waals surface area contributed by atoms with Crippen molar-refractivity contribution in [2.24, 2.45) is 18.4 Å². The summed E-state index contributed by atoms with van der Waals surface area (Å²) in [7, 11) is 1.87. The van der Waals surface area contributed by atoms with E-state index in [0.29, 0.717) is 11.6 Å². The Hall–Kier alpha value is -3.22. The average Bonchev–Trinajstić information content (AvgIpc) is 3.50. The van der Waals surface area contributed by atoms with Crippen molar-refractivity contribution in [2.45, 2.75) is 58.4 Å². The number of hydrogen-bond donors (Lipinski definition) is 1. The molecule has 0 saturated heterocycles. The fourth-order valence-corrected chi connectivity index (χ4v) is 5.83. The van der Waals surface area contributed by atoms with Gasteiger partial charge >= 0.3 is 0 Å². The topological polar surface area (TPSA) is 64.7 Å². The van der Waals surface area contributed by atoms with Crippen LogP contribution in [0.4, 0.5) is 4.39 Å². The molecule has 0 aliphatic heterocycles. The normalized spacial score (nSPS) is 22.1. The van der Waals surface area contributed by atoms with Gasteiger partial charge in [0.25, 0.3) is 5.91 Å². The Balaban J connectivity index is 1.35. The zero-order valence-electron chi connectivity index (χ0n) is 20.1. The molecule has 1 amide bonds. The lowest BCUT2D eigenvalue weighted by Gasteiger charge is -2.37. The summed E-state index contributed by atoms with van der Waals surface area (Å²) in [5.41, 5.74) is 5.20. The molecule has 2 heterocycles. The van der Waals surface area contributed by atoms with Gasteiger partial charge < -0.3 is 9.88 Å². The predicted octanol–water partition coefficient (Wildman–Crippen LogP) is 5.09. The number of carbonyl (C=O) groups is 1. The number of nitrogens with zero attached hydrogens (tertiary/aromatic N) is 4. The highest BCUT2D eigenvalue weighted by Crippen LogP contribution is 2.54. The number of benzene rings is 1. The number of imidazole rings is 1. The van der Waals surface area contributed by atoms with Gasteiger partial charge in [-0.25, -0.2) is 14.1 Å². The van der Waals surface area contributed by atoms with Gasteiger partial charge in [-0.2, -0.15) is 5.10 Å². The van der Waals surface area contributed by atoms with Crippen LogP contribution >= 0.6 is 0 Å². The molecule has 1 fully saturated rings. The summed E-state index contributed by atoms with van der Waals surface area (Å²) in [5, 5.41) is 7.89. The van der Waals surface area contributed by atoms with E-state index in [1.807, 2.05) is 17.9 Å². The van der Waals surface area contributed by atoms with E-state index in [4.69, 9.17) is 0 Å². The van der Waals surface area contributed by atoms with Gasteiger partial charge in [-0.1, -0.05) is 25.8 Å². The summed E-state index contributed by atoms with van der Waals surface area (Å²) in [6.07, 6.45) is 13.7. The molecule has 3 atom stereocenters. The zero-order chi connectivity index (χ0) is 23.9. The van der Waals surface area contributed by atoms with E-state index >= 15 is 0 Å². The van der Waals surface area contributed by atoms with Crippen LogP contribution in [0.5, 0.6) is 0 Å². The monoisotopic (exact) mass is 461 g/mol. The molecule has 6 nitrogen and oxygen atoms in total. The Morgan fingerprint density at radius 2 is 2.12 bits per heavy atom. The Bertz CT molecular complexity index is 1220. The Labute approximate surface area is 199 Å². The number of fused-ring (bicyclic) bond motifs is 2. The standard InChI is InChI=1S/C27H32FN5O/c1-4-5-22(31-26(34)24-16-32(3)17-29-24)12-19-6-7-20-13-25-18(14-27(19,20)2)15-30-33(25)23-10-8-21(28)9-11-23/h8-11,13,15-17,19,22H,4-7,12,14H2,1-3H3,(H,31,34)/t19-,22?,27-/m1/s1. The van der Waals surface area contributed by atoms with Crippen molar-refractivity contribution in [1.29, 1.82) is 0 Å². The maximum absolute atomic E-state index is 13.4. The third kappa shape index (κ3) is 4.08. The fraction of sp³-hybridized carbons (Fsp3) is 0.444. The smallest absolute Gasteiger partial charge is 0.271 e. The minimum Gasteiger partial charge on any atom is -0.348 e. The van der Waals surface area contributed by atoms with Crippen LogP contribution in [0.1, 0.15) is 67.7 Å². The molecule has 1 unspecified atom stereocenters. The van der Waals surface area contributed by atoms with E-state index in [9.17, 15) is 9.18 Å². The number of aromatic nitrogens is 4. The predicted molar refractivity (Wildman–Crippen MR) is 130 cm³/mol. The first-order valence-electron chi connectivity index (χ1n) is 12.2. The molecule has 3 aromatic rings. The highest BCUT2D eigenvalue weighted by molar-refractivity contribution is 5.92. The average molecular weight is 462 g/mol. The van der Waals surface area contributed by atoms with Gasteiger partial charge in [-0.3, -0.25) is 4.79 Å². The molecule has 2 aliphatic carbocycles. The molecule has 2 aromatic heterocycles. The van der Waals surface area contributed by atoms with E-state index in [1.165, 1.54) is 23.3 Å². The number of carbonyl (C=O) groups excluding carboxylic acids is 1. The number of rotatable bonds is 7. The van der Waals surface area contributed by atoms with Gasteiger partial charge in [0.05, 0.1) is 23.9 Å². The molecule has 7 heteroatoms. The van der Waals surface area contributed by atoms with Crippen LogP contribution in [0, 0.1) is 17.2 Å². The molecular formula is C27H32FN5O. The number of halogens is 1. The van der Waals surface area contributed by atoms with Crippen LogP contribution in [0.25, 0.3) is 11.8 Å². The molecule has 1 aromatic carbocycles. The van der Waals surface area contributed by atoms with Crippen LogP contribution in [0.3, 0.4) is 0 Å². The Morgan fingerprint density at radius 3 is 2.82 bits per heavy atom. The number of allylic oxidation sites excluding steroid dienone is 1. The van der Waals surface area contributed by atoms with Crippen molar-refractivity contribution in [3.05, 3.63) is 71.3 Å². The summed E-state index contributed by atoms with van der Waals surface area (Å²) >= 11 is 0. The van der Waals surface area contributed by atoms with Crippen LogP contribution in [-0.2, 0) is 13.5 Å². The van der Waals surface area contributed by atoms with Crippen LogP contribution in [0.2, 0.25) is 0 Å². The number of nitrogens with one attached hydrogen (secondary N) is 1. The van der Waals surface area contributed by atoms with Crippen molar-refractivity contribution < 1.29 is 9.18 Å². The van der Waals surface area contributed by atoms with Gasteiger partial charge in [0.1, 0.15) is 11.5 Å². The summed E-state index contributed by atoms with van der Waals surface area (Å²) in [6, 6.07) is 6.62. The molecular weight excluding hydrogens is 429 g/mol. The lowest BCUT2D eigenvalue weighted by molar-refractivity contribution is 0.0916. The van der Waals surface area contributed by atoms with Gasteiger partial charge in [0.2, 0.25) is 0 Å². The number of hydrogen-bond acceptors (Lipinski definition) is 3. The fourth-order valence-electron chi connectivity index (χ4n) is 5.83. The lowest BCUT2D eigenvalue weighted by Crippen LogP contribution is -2.39. The second kappa shape index (κ2) is 8.85. The lowest BCUT2D eigenvalue weighted by atomic mass is 9.68. The molecule has 1 N–H and O–H groups in total. The maximum atomic E-state index is 13.4. The second-order valence-corrected chi connectivity index (χ2v) is 10.1.